The van der Waals surface area contributed by atoms with E-state index in [-0.39, 0.29) is 5.97 Å². The average molecular weight is 299 g/mol. The summed E-state index contributed by atoms with van der Waals surface area (Å²) in [4.78, 5) is 14.8. The predicted octanol–water partition coefficient (Wildman–Crippen LogP) is 3.47. The summed E-state index contributed by atoms with van der Waals surface area (Å²) >= 11 is 0. The first-order valence-electron chi connectivity index (χ1n) is 7.64. The molecule has 1 aromatic carbocycles. The number of methoxy groups -OCH3 is 2. The number of H-pyrrole nitrogens is 1. The molecule has 0 fully saturated rings. The number of aromatic amines is 1. The Morgan fingerprint density at radius 3 is 2.73 bits per heavy atom. The summed E-state index contributed by atoms with van der Waals surface area (Å²) in [5, 5.41) is 0. The third kappa shape index (κ3) is 2.86. The molecule has 4 nitrogen and oxygen atoms in total. The monoisotopic (exact) mass is 299 g/mol. The van der Waals surface area contributed by atoms with E-state index < -0.39 is 0 Å². The van der Waals surface area contributed by atoms with Gasteiger partial charge in [0.2, 0.25) is 0 Å². The molecular weight excluding hydrogens is 278 g/mol. The lowest BCUT2D eigenvalue weighted by atomic mass is 9.95. The Balaban J connectivity index is 1.65. The number of hydrogen-bond acceptors (Lipinski definition) is 3. The zero-order valence-electron chi connectivity index (χ0n) is 13.0. The molecule has 1 atom stereocenters. The van der Waals surface area contributed by atoms with Gasteiger partial charge in [0.1, 0.15) is 11.4 Å². The number of benzene rings is 1. The lowest BCUT2D eigenvalue weighted by Gasteiger charge is -2.10. The molecule has 0 bridgehead atoms. The predicted molar refractivity (Wildman–Crippen MR) is 84.5 cm³/mol. The zero-order valence-corrected chi connectivity index (χ0v) is 13.0. The number of fused-ring (bicyclic) bond motifs is 1. The van der Waals surface area contributed by atoms with Crippen molar-refractivity contribution >= 4 is 5.97 Å². The molecule has 0 saturated carbocycles. The maximum Gasteiger partial charge on any atom is 0.354 e. The Hall–Kier alpha value is -2.23. The number of rotatable bonds is 5. The summed E-state index contributed by atoms with van der Waals surface area (Å²) in [5.41, 5.74) is 4.37. The lowest BCUT2D eigenvalue weighted by molar-refractivity contribution is 0.0594. The molecule has 116 valence electrons. The fourth-order valence-corrected chi connectivity index (χ4v) is 3.21. The van der Waals surface area contributed by atoms with Gasteiger partial charge in [0, 0.05) is 5.69 Å². The molecular formula is C18H21NO3. The van der Waals surface area contributed by atoms with Crippen LogP contribution >= 0.6 is 0 Å². The van der Waals surface area contributed by atoms with Crippen molar-refractivity contribution in [2.75, 3.05) is 14.2 Å². The van der Waals surface area contributed by atoms with Crippen LogP contribution in [0.5, 0.6) is 5.75 Å². The number of aromatic nitrogens is 1. The van der Waals surface area contributed by atoms with Crippen molar-refractivity contribution in [2.24, 2.45) is 0 Å². The van der Waals surface area contributed by atoms with Crippen molar-refractivity contribution in [1.82, 2.24) is 4.98 Å². The molecule has 1 N–H and O–H groups in total. The van der Waals surface area contributed by atoms with Gasteiger partial charge in [0.15, 0.2) is 0 Å². The smallest absolute Gasteiger partial charge is 0.354 e. The van der Waals surface area contributed by atoms with Crippen molar-refractivity contribution in [3.63, 3.8) is 0 Å². The highest BCUT2D eigenvalue weighted by atomic mass is 16.5. The van der Waals surface area contributed by atoms with Gasteiger partial charge in [-0.3, -0.25) is 0 Å². The molecule has 4 heteroatoms. The minimum absolute atomic E-state index is 0.289. The van der Waals surface area contributed by atoms with Gasteiger partial charge in [0.05, 0.1) is 14.2 Å². The van der Waals surface area contributed by atoms with Crippen molar-refractivity contribution < 1.29 is 14.3 Å². The molecule has 1 aliphatic rings. The van der Waals surface area contributed by atoms with E-state index in [0.29, 0.717) is 11.6 Å². The highest BCUT2D eigenvalue weighted by molar-refractivity contribution is 5.88. The van der Waals surface area contributed by atoms with Crippen molar-refractivity contribution in [3.05, 3.63) is 52.8 Å². The molecule has 1 aliphatic carbocycles. The molecule has 0 amide bonds. The van der Waals surface area contributed by atoms with Crippen LogP contribution in [0.3, 0.4) is 0 Å². The molecule has 1 unspecified atom stereocenters. The van der Waals surface area contributed by atoms with Gasteiger partial charge < -0.3 is 14.5 Å². The Kier molecular flexibility index (Phi) is 4.18. The quantitative estimate of drug-likeness (QED) is 0.860. The molecule has 0 saturated heterocycles. The second-order valence-electron chi connectivity index (χ2n) is 5.73. The van der Waals surface area contributed by atoms with E-state index in [1.165, 1.54) is 23.9 Å². The lowest BCUT2D eigenvalue weighted by Crippen LogP contribution is -2.02. The van der Waals surface area contributed by atoms with E-state index in [9.17, 15) is 4.79 Å². The third-order valence-corrected chi connectivity index (χ3v) is 4.46. The van der Waals surface area contributed by atoms with Gasteiger partial charge in [0.25, 0.3) is 0 Å². The maximum absolute atomic E-state index is 11.6. The molecule has 2 aromatic rings. The van der Waals surface area contributed by atoms with Crippen LogP contribution in [-0.4, -0.2) is 25.2 Å². The number of ether oxygens (including phenoxy) is 2. The van der Waals surface area contributed by atoms with Crippen molar-refractivity contribution in [3.8, 4) is 5.75 Å². The summed E-state index contributed by atoms with van der Waals surface area (Å²) in [7, 11) is 3.09. The van der Waals surface area contributed by atoms with Crippen LogP contribution in [0.2, 0.25) is 0 Å². The minimum atomic E-state index is -0.289. The maximum atomic E-state index is 11.6. The summed E-state index contributed by atoms with van der Waals surface area (Å²) in [5.74, 6) is 1.12. The van der Waals surface area contributed by atoms with E-state index in [0.717, 1.165) is 31.4 Å². The van der Waals surface area contributed by atoms with E-state index in [1.54, 1.807) is 7.11 Å². The van der Waals surface area contributed by atoms with Crippen LogP contribution in [-0.2, 0) is 17.6 Å². The summed E-state index contributed by atoms with van der Waals surface area (Å²) < 4.78 is 9.96. The van der Waals surface area contributed by atoms with E-state index in [1.807, 2.05) is 18.2 Å². The average Bonchev–Trinajstić information content (AvgIpc) is 3.13. The fourth-order valence-electron chi connectivity index (χ4n) is 3.21. The van der Waals surface area contributed by atoms with Gasteiger partial charge in [-0.25, -0.2) is 4.79 Å². The van der Waals surface area contributed by atoms with Gasteiger partial charge >= 0.3 is 5.97 Å². The highest BCUT2D eigenvalue weighted by Crippen LogP contribution is 2.36. The molecule has 3 rings (SSSR count). The van der Waals surface area contributed by atoms with Crippen LogP contribution < -0.4 is 4.74 Å². The molecule has 0 aliphatic heterocycles. The topological polar surface area (TPSA) is 51.3 Å². The SMILES string of the molecule is COC(=O)c1cc2c([nH]1)CCC2CCc1ccc(OC)cc1. The summed E-state index contributed by atoms with van der Waals surface area (Å²) in [6.45, 7) is 0. The first kappa shape index (κ1) is 14.7. The van der Waals surface area contributed by atoms with E-state index in [2.05, 4.69) is 17.1 Å². The first-order valence-corrected chi connectivity index (χ1v) is 7.64. The number of aryl methyl sites for hydroxylation is 2. The van der Waals surface area contributed by atoms with Crippen LogP contribution in [0, 0.1) is 0 Å². The Labute approximate surface area is 130 Å². The van der Waals surface area contributed by atoms with Gasteiger partial charge in [-0.15, -0.1) is 0 Å². The van der Waals surface area contributed by atoms with Crippen molar-refractivity contribution in [2.45, 2.75) is 31.6 Å². The largest absolute Gasteiger partial charge is 0.497 e. The van der Waals surface area contributed by atoms with Crippen LogP contribution in [0.25, 0.3) is 0 Å². The van der Waals surface area contributed by atoms with Gasteiger partial charge in [-0.05, 0) is 60.9 Å². The van der Waals surface area contributed by atoms with Crippen LogP contribution in [0.4, 0.5) is 0 Å². The number of nitrogens with one attached hydrogen (secondary N) is 1. The third-order valence-electron chi connectivity index (χ3n) is 4.46. The Morgan fingerprint density at radius 1 is 1.27 bits per heavy atom. The molecule has 1 heterocycles. The number of carbonyl (C=O) groups is 1. The van der Waals surface area contributed by atoms with Gasteiger partial charge in [-0.2, -0.15) is 0 Å². The standard InChI is InChI=1S/C18H21NO3/c1-21-14-8-4-12(5-9-14)3-6-13-7-10-16-15(13)11-17(19-16)18(20)22-2/h4-5,8-9,11,13,19H,3,6-7,10H2,1-2H3. The summed E-state index contributed by atoms with van der Waals surface area (Å²) in [6.07, 6.45) is 4.29. The number of carbonyl (C=O) groups excluding carboxylic acids is 1. The summed E-state index contributed by atoms with van der Waals surface area (Å²) in [6, 6.07) is 10.2. The molecule has 1 aromatic heterocycles. The first-order chi connectivity index (χ1) is 10.7. The normalized spacial score (nSPS) is 16.4. The Morgan fingerprint density at radius 2 is 2.05 bits per heavy atom. The zero-order chi connectivity index (χ0) is 15.5. The fraction of sp³-hybridized carbons (Fsp3) is 0.389. The van der Waals surface area contributed by atoms with Crippen molar-refractivity contribution in [1.29, 1.82) is 0 Å². The van der Waals surface area contributed by atoms with Crippen LogP contribution in [0.1, 0.15) is 46.1 Å². The number of hydrogen-bond donors (Lipinski definition) is 1. The minimum Gasteiger partial charge on any atom is -0.497 e. The highest BCUT2D eigenvalue weighted by Gasteiger charge is 2.26. The molecule has 0 radical (unpaired) electrons. The number of esters is 1. The van der Waals surface area contributed by atoms with E-state index >= 15 is 0 Å². The second kappa shape index (κ2) is 6.26. The molecule has 22 heavy (non-hydrogen) atoms. The molecule has 0 spiro atoms. The second-order valence-corrected chi connectivity index (χ2v) is 5.73. The Bertz CT molecular complexity index is 657. The van der Waals surface area contributed by atoms with E-state index in [4.69, 9.17) is 9.47 Å². The van der Waals surface area contributed by atoms with Gasteiger partial charge in [-0.1, -0.05) is 12.1 Å². The van der Waals surface area contributed by atoms with Crippen LogP contribution in [0.15, 0.2) is 30.3 Å².